The molecule has 342 valence electrons. The second kappa shape index (κ2) is 22.4. The molecule has 2 heterocycles. The fourth-order valence-corrected chi connectivity index (χ4v) is 7.58. The summed E-state index contributed by atoms with van der Waals surface area (Å²) in [4.78, 5) is 38.3. The standard InChI is InChI=1S/C41H59N13O9/c42-29-17-31(44)39(37(59)35(29)57)62-15-3-1-5-27-19-53(51-49-27)21-33(55)46-24-9-7-23(8-10-24)41(61)48-26-13-11-25(12-14-26)47-34(56)22-54-20-28(50-52-54)6-2-4-16-63-40-32(45)18-30(43)36(58)38(40)60/h7-14,19-20,29-32,35-40,57-60H,1-6,15-18,21-22,42-45H2,(H,46,55)(H,47,56)(H,48,61)/t29-,30-,31+,32+,35+,36+,37-,38-,39-,40-/m1/s1. The van der Waals surface area contributed by atoms with E-state index in [2.05, 4.69) is 36.6 Å². The number of nitrogens with one attached hydrogen (secondary N) is 3. The smallest absolute Gasteiger partial charge is 0.255 e. The summed E-state index contributed by atoms with van der Waals surface area (Å²) in [7, 11) is 0. The van der Waals surface area contributed by atoms with Crippen molar-refractivity contribution in [3.8, 4) is 0 Å². The van der Waals surface area contributed by atoms with Crippen molar-refractivity contribution in [3.63, 3.8) is 0 Å². The molecule has 63 heavy (non-hydrogen) atoms. The van der Waals surface area contributed by atoms with Crippen molar-refractivity contribution in [2.24, 2.45) is 22.9 Å². The Bertz CT molecular complexity index is 2090. The van der Waals surface area contributed by atoms with Gasteiger partial charge in [0.25, 0.3) is 5.91 Å². The molecule has 0 bridgehead atoms. The van der Waals surface area contributed by atoms with Gasteiger partial charge in [0.2, 0.25) is 11.8 Å². The molecule has 6 rings (SSSR count). The molecule has 22 nitrogen and oxygen atoms in total. The number of aliphatic hydroxyl groups excluding tert-OH is 4. The lowest BCUT2D eigenvalue weighted by atomic mass is 9.85. The van der Waals surface area contributed by atoms with Crippen molar-refractivity contribution in [1.82, 2.24) is 30.0 Å². The lowest BCUT2D eigenvalue weighted by Crippen LogP contribution is -2.62. The number of rotatable bonds is 20. The van der Waals surface area contributed by atoms with Crippen molar-refractivity contribution in [3.05, 3.63) is 77.9 Å². The van der Waals surface area contributed by atoms with Crippen LogP contribution in [0.15, 0.2) is 60.9 Å². The zero-order chi connectivity index (χ0) is 45.0. The highest BCUT2D eigenvalue weighted by Crippen LogP contribution is 2.23. The number of benzene rings is 2. The summed E-state index contributed by atoms with van der Waals surface area (Å²) < 4.78 is 14.4. The van der Waals surface area contributed by atoms with Crippen LogP contribution >= 0.6 is 0 Å². The van der Waals surface area contributed by atoms with Crippen LogP contribution in [0.5, 0.6) is 0 Å². The van der Waals surface area contributed by atoms with Crippen LogP contribution in [-0.4, -0.2) is 142 Å². The lowest BCUT2D eigenvalue weighted by molar-refractivity contribution is -0.127. The molecular weight excluding hydrogens is 819 g/mol. The van der Waals surface area contributed by atoms with E-state index in [4.69, 9.17) is 32.4 Å². The Labute approximate surface area is 363 Å². The fourth-order valence-electron chi connectivity index (χ4n) is 7.58. The summed E-state index contributed by atoms with van der Waals surface area (Å²) in [6, 6.07) is 11.0. The molecule has 2 aliphatic carbocycles. The van der Waals surface area contributed by atoms with Crippen molar-refractivity contribution >= 4 is 34.8 Å². The van der Waals surface area contributed by atoms with Gasteiger partial charge in [-0.1, -0.05) is 10.4 Å². The second-order valence-electron chi connectivity index (χ2n) is 16.2. The van der Waals surface area contributed by atoms with Crippen LogP contribution in [-0.2, 0) is 45.0 Å². The Morgan fingerprint density at radius 3 is 1.40 bits per heavy atom. The van der Waals surface area contributed by atoms with E-state index < -0.39 is 60.8 Å². The molecule has 15 N–H and O–H groups in total. The maximum Gasteiger partial charge on any atom is 0.255 e. The Kier molecular flexibility index (Phi) is 16.8. The summed E-state index contributed by atoms with van der Waals surface area (Å²) in [5.74, 6) is -1.00. The van der Waals surface area contributed by atoms with Gasteiger partial charge >= 0.3 is 0 Å². The number of hydrogen-bond donors (Lipinski definition) is 11. The molecule has 0 radical (unpaired) electrons. The largest absolute Gasteiger partial charge is 0.389 e. The number of amides is 3. The van der Waals surface area contributed by atoms with Crippen LogP contribution in [0.25, 0.3) is 0 Å². The number of nitrogens with two attached hydrogens (primary N) is 4. The highest BCUT2D eigenvalue weighted by atomic mass is 16.5. The number of nitrogens with zero attached hydrogens (tertiary/aromatic N) is 6. The molecule has 0 spiro atoms. The first-order chi connectivity index (χ1) is 30.2. The molecule has 0 aliphatic heterocycles. The van der Waals surface area contributed by atoms with Crippen LogP contribution in [0, 0.1) is 0 Å². The minimum absolute atomic E-state index is 0.0540. The molecule has 10 atom stereocenters. The van der Waals surface area contributed by atoms with Gasteiger partial charge in [-0.25, -0.2) is 9.36 Å². The molecule has 0 unspecified atom stereocenters. The first-order valence-electron chi connectivity index (χ1n) is 21.1. The summed E-state index contributed by atoms with van der Waals surface area (Å²) in [6.07, 6.45) is 2.32. The van der Waals surface area contributed by atoms with Gasteiger partial charge in [-0.3, -0.25) is 14.4 Å². The van der Waals surface area contributed by atoms with Gasteiger partial charge in [-0.15, -0.1) is 10.2 Å². The minimum Gasteiger partial charge on any atom is -0.389 e. The van der Waals surface area contributed by atoms with Crippen molar-refractivity contribution in [1.29, 1.82) is 0 Å². The van der Waals surface area contributed by atoms with E-state index in [1.807, 2.05) is 0 Å². The number of aromatic nitrogens is 6. The van der Waals surface area contributed by atoms with Crippen LogP contribution in [0.2, 0.25) is 0 Å². The molecule has 2 aromatic heterocycles. The summed E-state index contributed by atoms with van der Waals surface area (Å²) in [5, 5.41) is 65.3. The monoisotopic (exact) mass is 877 g/mol. The van der Waals surface area contributed by atoms with Crippen LogP contribution in [0.3, 0.4) is 0 Å². The molecule has 0 saturated heterocycles. The molecule has 4 aromatic rings. The first-order valence-corrected chi connectivity index (χ1v) is 21.1. The third-order valence-corrected chi connectivity index (χ3v) is 11.1. The normalized spacial score (nSPS) is 26.0. The summed E-state index contributed by atoms with van der Waals surface area (Å²) >= 11 is 0. The van der Waals surface area contributed by atoms with E-state index in [1.54, 1.807) is 60.9 Å². The molecule has 2 fully saturated rings. The zero-order valence-electron chi connectivity index (χ0n) is 34.9. The highest BCUT2D eigenvalue weighted by molar-refractivity contribution is 6.04. The Morgan fingerprint density at radius 1 is 0.571 bits per heavy atom. The van der Waals surface area contributed by atoms with Crippen molar-refractivity contribution < 1.29 is 44.3 Å². The maximum absolute atomic E-state index is 12.9. The third-order valence-electron chi connectivity index (χ3n) is 11.1. The number of unbranched alkanes of at least 4 members (excludes halogenated alkanes) is 2. The van der Waals surface area contributed by atoms with E-state index >= 15 is 0 Å². The molecule has 2 aromatic carbocycles. The topological polar surface area (TPSA) is 352 Å². The van der Waals surface area contributed by atoms with E-state index in [1.165, 1.54) is 9.36 Å². The predicted octanol–water partition coefficient (Wildman–Crippen LogP) is -1.62. The number of aryl methyl sites for hydroxylation is 2. The average molecular weight is 878 g/mol. The van der Waals surface area contributed by atoms with Gasteiger partial charge in [0, 0.05) is 72.4 Å². The lowest BCUT2D eigenvalue weighted by Gasteiger charge is -2.39. The summed E-state index contributed by atoms with van der Waals surface area (Å²) in [6.45, 7) is 0.572. The van der Waals surface area contributed by atoms with Crippen LogP contribution < -0.4 is 38.9 Å². The maximum atomic E-state index is 12.9. The molecular formula is C41H59N13O9. The van der Waals surface area contributed by atoms with Gasteiger partial charge in [0.1, 0.15) is 37.5 Å². The molecule has 3 amide bonds. The van der Waals surface area contributed by atoms with Crippen LogP contribution in [0.4, 0.5) is 17.1 Å². The van der Waals surface area contributed by atoms with Gasteiger partial charge < -0.3 is 68.8 Å². The van der Waals surface area contributed by atoms with Gasteiger partial charge in [-0.2, -0.15) is 0 Å². The Balaban J connectivity index is 0.843. The Hall–Kier alpha value is -5.27. The number of aliphatic hydroxyl groups is 4. The van der Waals surface area contributed by atoms with E-state index in [9.17, 15) is 34.8 Å². The average Bonchev–Trinajstić information content (AvgIpc) is 3.90. The SMILES string of the molecule is N[C@@H]1C[C@H](N)[C@@H](OCCCCc2cn(CC(=O)Nc3ccc(NC(=O)c4ccc(NC(=O)Cn5cc(CCCCO[C@H]6[C@H](O)[C@@H](O)[C@H](N)C[C@@H]6N)nn5)cc4)cc3)nn2)[C@H](O)[C@H]1O. The van der Waals surface area contributed by atoms with Crippen molar-refractivity contribution in [2.75, 3.05) is 29.2 Å². The van der Waals surface area contributed by atoms with Gasteiger partial charge in [0.05, 0.1) is 23.6 Å². The number of ether oxygens (including phenoxy) is 2. The van der Waals surface area contributed by atoms with Gasteiger partial charge in [0.15, 0.2) is 0 Å². The number of anilines is 3. The fraction of sp³-hybridized carbons (Fsp3) is 0.537. The van der Waals surface area contributed by atoms with Crippen LogP contribution in [0.1, 0.15) is 60.3 Å². The van der Waals surface area contributed by atoms with Crippen molar-refractivity contribution in [2.45, 2.75) is 125 Å². The van der Waals surface area contributed by atoms with E-state index in [-0.39, 0.29) is 30.8 Å². The summed E-state index contributed by atoms with van der Waals surface area (Å²) in [5.41, 5.74) is 27.0. The quantitative estimate of drug-likeness (QED) is 0.0444. The Morgan fingerprint density at radius 2 is 0.968 bits per heavy atom. The number of hydrogen-bond acceptors (Lipinski definition) is 17. The zero-order valence-corrected chi connectivity index (χ0v) is 34.9. The number of carbonyl (C=O) groups is 3. The number of carbonyl (C=O) groups excluding carboxylic acids is 3. The second-order valence-corrected chi connectivity index (χ2v) is 16.2. The molecule has 22 heteroatoms. The molecule has 2 saturated carbocycles. The van der Waals surface area contributed by atoms with Gasteiger partial charge in [-0.05, 0) is 99.9 Å². The molecule has 2 aliphatic rings. The van der Waals surface area contributed by atoms with E-state index in [0.29, 0.717) is 85.8 Å². The minimum atomic E-state index is -1.13. The third kappa shape index (κ3) is 13.4. The van der Waals surface area contributed by atoms with E-state index in [0.717, 1.165) is 12.8 Å². The predicted molar refractivity (Wildman–Crippen MR) is 229 cm³/mol. The highest BCUT2D eigenvalue weighted by Gasteiger charge is 2.42. The first kappa shape index (κ1) is 47.2.